The van der Waals surface area contributed by atoms with Crippen LogP contribution in [0.4, 0.5) is 0 Å². The lowest BCUT2D eigenvalue weighted by atomic mass is 9.99. The molecule has 0 atom stereocenters. The normalized spacial score (nSPS) is 15.1. The number of rotatable bonds is 6. The Labute approximate surface area is 170 Å². The van der Waals surface area contributed by atoms with E-state index < -0.39 is 5.91 Å². The molecule has 1 fully saturated rings. The van der Waals surface area contributed by atoms with E-state index in [0.717, 1.165) is 12.8 Å². The topological polar surface area (TPSA) is 81.0 Å². The van der Waals surface area contributed by atoms with E-state index in [9.17, 15) is 9.59 Å². The van der Waals surface area contributed by atoms with Crippen molar-refractivity contribution in [2.75, 3.05) is 27.3 Å². The van der Waals surface area contributed by atoms with Gasteiger partial charge in [0.25, 0.3) is 11.8 Å². The molecule has 0 spiro atoms. The van der Waals surface area contributed by atoms with Crippen LogP contribution in [0.2, 0.25) is 0 Å². The fraction of sp³-hybridized carbons (Fsp3) is 0.364. The summed E-state index contributed by atoms with van der Waals surface area (Å²) in [5.41, 5.74) is 0.893. The number of furan rings is 1. The maximum atomic E-state index is 13.1. The monoisotopic (exact) mass is 398 g/mol. The van der Waals surface area contributed by atoms with Gasteiger partial charge in [0.2, 0.25) is 0 Å². The van der Waals surface area contributed by atoms with Gasteiger partial charge in [-0.15, -0.1) is 0 Å². The highest BCUT2D eigenvalue weighted by Crippen LogP contribution is 2.28. The van der Waals surface area contributed by atoms with Crippen molar-refractivity contribution in [1.29, 1.82) is 0 Å². The molecule has 2 aromatic rings. The van der Waals surface area contributed by atoms with Crippen molar-refractivity contribution in [3.63, 3.8) is 0 Å². The summed E-state index contributed by atoms with van der Waals surface area (Å²) in [7, 11) is 3.11. The second-order valence-corrected chi connectivity index (χ2v) is 7.08. The molecule has 29 heavy (non-hydrogen) atoms. The van der Waals surface area contributed by atoms with Crippen molar-refractivity contribution < 1.29 is 23.5 Å². The standard InChI is InChI=1S/C22H26N2O5/c1-15-8-10-24(11-9-15)22(26)17(23-21(25)19-5-4-12-29-19)13-16-6-7-18(27-2)20(14-16)28-3/h4-7,12-15H,8-11H2,1-3H3,(H,23,25). The highest BCUT2D eigenvalue weighted by molar-refractivity contribution is 6.04. The zero-order valence-corrected chi connectivity index (χ0v) is 16.9. The second kappa shape index (κ2) is 9.32. The van der Waals surface area contributed by atoms with Crippen LogP contribution in [-0.2, 0) is 4.79 Å². The lowest BCUT2D eigenvalue weighted by Gasteiger charge is -2.31. The van der Waals surface area contributed by atoms with E-state index in [1.54, 1.807) is 55.5 Å². The SMILES string of the molecule is COc1ccc(C=C(NC(=O)c2ccco2)C(=O)N2CCC(C)CC2)cc1OC. The molecule has 2 heterocycles. The Balaban J connectivity index is 1.90. The van der Waals surface area contributed by atoms with Crippen LogP contribution in [0.5, 0.6) is 11.5 Å². The Morgan fingerprint density at radius 2 is 1.86 bits per heavy atom. The van der Waals surface area contributed by atoms with Crippen LogP contribution in [0.25, 0.3) is 6.08 Å². The summed E-state index contributed by atoms with van der Waals surface area (Å²) in [5, 5.41) is 2.71. The van der Waals surface area contributed by atoms with Crippen molar-refractivity contribution in [1.82, 2.24) is 10.2 Å². The fourth-order valence-corrected chi connectivity index (χ4v) is 3.23. The number of hydrogen-bond acceptors (Lipinski definition) is 5. The Hall–Kier alpha value is -3.22. The number of likely N-dealkylation sites (tertiary alicyclic amines) is 1. The number of nitrogens with zero attached hydrogens (tertiary/aromatic N) is 1. The molecule has 1 saturated heterocycles. The van der Waals surface area contributed by atoms with Crippen LogP contribution in [0.1, 0.15) is 35.9 Å². The molecule has 1 aliphatic heterocycles. The molecule has 7 heteroatoms. The zero-order chi connectivity index (χ0) is 20.8. The molecule has 7 nitrogen and oxygen atoms in total. The molecule has 0 bridgehead atoms. The van der Waals surface area contributed by atoms with E-state index in [4.69, 9.17) is 13.9 Å². The Kier molecular flexibility index (Phi) is 6.59. The zero-order valence-electron chi connectivity index (χ0n) is 16.9. The van der Waals surface area contributed by atoms with Crippen LogP contribution in [0, 0.1) is 5.92 Å². The van der Waals surface area contributed by atoms with Gasteiger partial charge in [0.1, 0.15) is 5.70 Å². The average Bonchev–Trinajstić information content (AvgIpc) is 3.28. The van der Waals surface area contributed by atoms with Gasteiger partial charge in [-0.05, 0) is 54.7 Å². The fourth-order valence-electron chi connectivity index (χ4n) is 3.23. The van der Waals surface area contributed by atoms with E-state index in [1.165, 1.54) is 6.26 Å². The Morgan fingerprint density at radius 3 is 2.48 bits per heavy atom. The lowest BCUT2D eigenvalue weighted by Crippen LogP contribution is -2.42. The molecule has 0 saturated carbocycles. The minimum absolute atomic E-state index is 0.142. The number of hydrogen-bond donors (Lipinski definition) is 1. The molecule has 1 aromatic carbocycles. The van der Waals surface area contributed by atoms with Crippen molar-refractivity contribution in [3.05, 3.63) is 53.6 Å². The number of nitrogens with one attached hydrogen (secondary N) is 1. The third-order valence-corrected chi connectivity index (χ3v) is 5.01. The number of piperidine rings is 1. The third kappa shape index (κ3) is 4.99. The number of benzene rings is 1. The summed E-state index contributed by atoms with van der Waals surface area (Å²) >= 11 is 0. The Morgan fingerprint density at radius 1 is 1.14 bits per heavy atom. The number of carbonyl (C=O) groups excluding carboxylic acids is 2. The minimum atomic E-state index is -0.472. The van der Waals surface area contributed by atoms with E-state index in [2.05, 4.69) is 12.2 Å². The highest BCUT2D eigenvalue weighted by Gasteiger charge is 2.25. The van der Waals surface area contributed by atoms with Gasteiger partial charge in [0.05, 0.1) is 20.5 Å². The van der Waals surface area contributed by atoms with E-state index >= 15 is 0 Å². The van der Waals surface area contributed by atoms with Gasteiger partial charge in [-0.25, -0.2) is 0 Å². The van der Waals surface area contributed by atoms with E-state index in [1.807, 2.05) is 0 Å². The van der Waals surface area contributed by atoms with E-state index in [0.29, 0.717) is 36.1 Å². The summed E-state index contributed by atoms with van der Waals surface area (Å²) in [6.07, 6.45) is 4.95. The molecular weight excluding hydrogens is 372 g/mol. The first-order valence-corrected chi connectivity index (χ1v) is 9.59. The maximum Gasteiger partial charge on any atom is 0.291 e. The van der Waals surface area contributed by atoms with Crippen molar-refractivity contribution in [2.24, 2.45) is 5.92 Å². The number of amides is 2. The highest BCUT2D eigenvalue weighted by atomic mass is 16.5. The second-order valence-electron chi connectivity index (χ2n) is 7.08. The van der Waals surface area contributed by atoms with Crippen LogP contribution in [0.15, 0.2) is 46.7 Å². The van der Waals surface area contributed by atoms with Crippen molar-refractivity contribution in [2.45, 2.75) is 19.8 Å². The van der Waals surface area contributed by atoms with Crippen LogP contribution < -0.4 is 14.8 Å². The summed E-state index contributed by atoms with van der Waals surface area (Å²) in [4.78, 5) is 27.4. The first-order chi connectivity index (χ1) is 14.0. The number of carbonyl (C=O) groups is 2. The van der Waals surface area contributed by atoms with Crippen LogP contribution in [-0.4, -0.2) is 44.0 Å². The van der Waals surface area contributed by atoms with Gasteiger partial charge in [-0.3, -0.25) is 9.59 Å². The average molecular weight is 398 g/mol. The maximum absolute atomic E-state index is 13.1. The first kappa shape index (κ1) is 20.5. The molecular formula is C22H26N2O5. The van der Waals surface area contributed by atoms with Crippen molar-refractivity contribution in [3.8, 4) is 11.5 Å². The lowest BCUT2D eigenvalue weighted by molar-refractivity contribution is -0.128. The smallest absolute Gasteiger partial charge is 0.291 e. The minimum Gasteiger partial charge on any atom is -0.493 e. The molecule has 0 radical (unpaired) electrons. The third-order valence-electron chi connectivity index (χ3n) is 5.01. The molecule has 2 amide bonds. The molecule has 0 unspecified atom stereocenters. The molecule has 3 rings (SSSR count). The van der Waals surface area contributed by atoms with Gasteiger partial charge in [0.15, 0.2) is 17.3 Å². The number of ether oxygens (including phenoxy) is 2. The largest absolute Gasteiger partial charge is 0.493 e. The number of methoxy groups -OCH3 is 2. The molecule has 1 aliphatic rings. The van der Waals surface area contributed by atoms with Gasteiger partial charge >= 0.3 is 0 Å². The molecule has 0 aliphatic carbocycles. The summed E-state index contributed by atoms with van der Waals surface area (Å²) in [6.45, 7) is 3.51. The molecule has 1 N–H and O–H groups in total. The summed E-state index contributed by atoms with van der Waals surface area (Å²) < 4.78 is 15.7. The quantitative estimate of drug-likeness (QED) is 0.755. The van der Waals surface area contributed by atoms with Crippen LogP contribution in [0.3, 0.4) is 0 Å². The first-order valence-electron chi connectivity index (χ1n) is 9.59. The van der Waals surface area contributed by atoms with Gasteiger partial charge in [0, 0.05) is 13.1 Å². The van der Waals surface area contributed by atoms with Gasteiger partial charge in [-0.2, -0.15) is 0 Å². The molecule has 1 aromatic heterocycles. The molecule has 154 valence electrons. The summed E-state index contributed by atoms with van der Waals surface area (Å²) in [5.74, 6) is 1.17. The van der Waals surface area contributed by atoms with E-state index in [-0.39, 0.29) is 17.4 Å². The predicted molar refractivity (Wildman–Crippen MR) is 109 cm³/mol. The van der Waals surface area contributed by atoms with Crippen molar-refractivity contribution >= 4 is 17.9 Å². The van der Waals surface area contributed by atoms with Crippen LogP contribution >= 0.6 is 0 Å². The predicted octanol–water partition coefficient (Wildman–Crippen LogP) is 3.33. The van der Waals surface area contributed by atoms with Gasteiger partial charge in [-0.1, -0.05) is 13.0 Å². The van der Waals surface area contributed by atoms with Gasteiger partial charge < -0.3 is 24.1 Å². The summed E-state index contributed by atoms with van der Waals surface area (Å²) in [6, 6.07) is 8.48. The Bertz CT molecular complexity index is 881.